The molecule has 1 aliphatic rings. The van der Waals surface area contributed by atoms with Crippen molar-refractivity contribution in [1.82, 2.24) is 9.38 Å². The predicted octanol–water partition coefficient (Wildman–Crippen LogP) is 3.11. The Morgan fingerprint density at radius 1 is 1.38 bits per heavy atom. The number of benzene rings is 1. The second kappa shape index (κ2) is 2.71. The average Bonchev–Trinajstić information content (AvgIpc) is 2.87. The molecule has 0 atom stereocenters. The monoisotopic (exact) mass is 230 g/mol. The van der Waals surface area contributed by atoms with E-state index >= 15 is 0 Å². The fourth-order valence-electron chi connectivity index (χ4n) is 2.34. The summed E-state index contributed by atoms with van der Waals surface area (Å²) in [6, 6.07) is 4.94. The van der Waals surface area contributed by atoms with Crippen LogP contribution in [0.5, 0.6) is 0 Å². The van der Waals surface area contributed by atoms with Crippen LogP contribution in [0.3, 0.4) is 0 Å². The van der Waals surface area contributed by atoms with Crippen molar-refractivity contribution in [1.29, 1.82) is 0 Å². The number of nitrogens with zero attached hydrogens (tertiary/aromatic N) is 2. The molecular weight excluding hydrogens is 223 g/mol. The minimum Gasteiger partial charge on any atom is -0.294 e. The predicted molar refractivity (Wildman–Crippen MR) is 61.3 cm³/mol. The summed E-state index contributed by atoms with van der Waals surface area (Å²) in [5, 5.41) is 2.02. The minimum absolute atomic E-state index is 0.171. The standard InChI is InChI=1S/C12H7FN2S/c13-8-1-2-9-7(5-8)6-10-11(9)14-12-15(10)3-4-16-12/h1-5H,6H2. The summed E-state index contributed by atoms with van der Waals surface area (Å²) in [4.78, 5) is 5.60. The van der Waals surface area contributed by atoms with Crippen LogP contribution in [-0.2, 0) is 6.42 Å². The van der Waals surface area contributed by atoms with E-state index in [2.05, 4.69) is 9.38 Å². The number of hydrogen-bond acceptors (Lipinski definition) is 2. The molecule has 0 saturated heterocycles. The molecule has 2 nitrogen and oxygen atoms in total. The van der Waals surface area contributed by atoms with Crippen LogP contribution in [0.25, 0.3) is 16.2 Å². The molecule has 0 spiro atoms. The van der Waals surface area contributed by atoms with Gasteiger partial charge in [-0.2, -0.15) is 0 Å². The highest BCUT2D eigenvalue weighted by Crippen LogP contribution is 2.37. The fraction of sp³-hybridized carbons (Fsp3) is 0.0833. The minimum atomic E-state index is -0.171. The van der Waals surface area contributed by atoms with E-state index in [-0.39, 0.29) is 5.82 Å². The van der Waals surface area contributed by atoms with Crippen molar-refractivity contribution >= 4 is 16.3 Å². The van der Waals surface area contributed by atoms with Crippen molar-refractivity contribution in [3.63, 3.8) is 0 Å². The molecule has 2 aromatic heterocycles. The molecule has 3 aromatic rings. The Kier molecular flexibility index (Phi) is 1.43. The van der Waals surface area contributed by atoms with Gasteiger partial charge in [0, 0.05) is 23.6 Å². The van der Waals surface area contributed by atoms with Gasteiger partial charge in [0.1, 0.15) is 5.82 Å². The Morgan fingerprint density at radius 3 is 3.25 bits per heavy atom. The summed E-state index contributed by atoms with van der Waals surface area (Å²) in [6.45, 7) is 0. The number of halogens is 1. The molecule has 0 radical (unpaired) electrons. The van der Waals surface area contributed by atoms with E-state index in [1.807, 2.05) is 17.6 Å². The summed E-state index contributed by atoms with van der Waals surface area (Å²) in [7, 11) is 0. The van der Waals surface area contributed by atoms with Crippen molar-refractivity contribution < 1.29 is 4.39 Å². The maximum absolute atomic E-state index is 13.1. The lowest BCUT2D eigenvalue weighted by atomic mass is 10.1. The summed E-state index contributed by atoms with van der Waals surface area (Å²) in [6.07, 6.45) is 2.80. The molecule has 2 heterocycles. The molecule has 78 valence electrons. The third-order valence-electron chi connectivity index (χ3n) is 3.04. The van der Waals surface area contributed by atoms with Gasteiger partial charge in [-0.25, -0.2) is 9.37 Å². The molecule has 0 fully saturated rings. The molecule has 0 N–H and O–H groups in total. The molecule has 0 saturated carbocycles. The summed E-state index contributed by atoms with van der Waals surface area (Å²) < 4.78 is 15.2. The van der Waals surface area contributed by atoms with Crippen molar-refractivity contribution in [2.24, 2.45) is 0 Å². The molecule has 16 heavy (non-hydrogen) atoms. The fourth-order valence-corrected chi connectivity index (χ4v) is 3.07. The summed E-state index contributed by atoms with van der Waals surface area (Å²) >= 11 is 1.63. The Labute approximate surface area is 95.0 Å². The van der Waals surface area contributed by atoms with Gasteiger partial charge in [-0.05, 0) is 23.8 Å². The Bertz CT molecular complexity index is 711. The first-order valence-corrected chi connectivity index (χ1v) is 5.94. The van der Waals surface area contributed by atoms with Crippen LogP contribution in [0.2, 0.25) is 0 Å². The number of fused-ring (bicyclic) bond motifs is 5. The summed E-state index contributed by atoms with van der Waals surface area (Å²) in [5.74, 6) is -0.171. The van der Waals surface area contributed by atoms with Crippen LogP contribution in [-0.4, -0.2) is 9.38 Å². The topological polar surface area (TPSA) is 17.3 Å². The first-order chi connectivity index (χ1) is 7.83. The third kappa shape index (κ3) is 0.925. The zero-order valence-electron chi connectivity index (χ0n) is 8.27. The van der Waals surface area contributed by atoms with Crippen molar-refractivity contribution in [3.05, 3.63) is 46.9 Å². The van der Waals surface area contributed by atoms with E-state index in [4.69, 9.17) is 0 Å². The molecule has 1 aliphatic carbocycles. The lowest BCUT2D eigenvalue weighted by Crippen LogP contribution is -1.87. The lowest BCUT2D eigenvalue weighted by molar-refractivity contribution is 0.626. The van der Waals surface area contributed by atoms with Crippen molar-refractivity contribution in [2.45, 2.75) is 6.42 Å². The lowest BCUT2D eigenvalue weighted by Gasteiger charge is -1.97. The van der Waals surface area contributed by atoms with E-state index in [0.29, 0.717) is 0 Å². The van der Waals surface area contributed by atoms with Crippen LogP contribution in [0.1, 0.15) is 11.3 Å². The van der Waals surface area contributed by atoms with Gasteiger partial charge in [-0.15, -0.1) is 11.3 Å². The normalized spacial score (nSPS) is 13.1. The van der Waals surface area contributed by atoms with Gasteiger partial charge in [0.05, 0.1) is 11.4 Å². The van der Waals surface area contributed by atoms with Crippen molar-refractivity contribution in [3.8, 4) is 11.3 Å². The first-order valence-electron chi connectivity index (χ1n) is 5.06. The Morgan fingerprint density at radius 2 is 2.31 bits per heavy atom. The number of thiazole rings is 1. The van der Waals surface area contributed by atoms with Crippen molar-refractivity contribution in [2.75, 3.05) is 0 Å². The highest BCUT2D eigenvalue weighted by Gasteiger charge is 2.24. The second-order valence-corrected chi connectivity index (χ2v) is 4.81. The Hall–Kier alpha value is -1.68. The molecule has 0 unspecified atom stereocenters. The van der Waals surface area contributed by atoms with Gasteiger partial charge in [0.2, 0.25) is 0 Å². The molecule has 0 aliphatic heterocycles. The first kappa shape index (κ1) is 8.47. The Balaban J connectivity index is 2.07. The van der Waals surface area contributed by atoms with Gasteiger partial charge in [-0.1, -0.05) is 0 Å². The molecule has 0 amide bonds. The number of rotatable bonds is 0. The van der Waals surface area contributed by atoms with E-state index in [9.17, 15) is 4.39 Å². The SMILES string of the molecule is Fc1ccc2c(c1)Cc1c-2nc2sccn12. The molecule has 4 heteroatoms. The molecular formula is C12H7FN2S. The number of imidazole rings is 1. The maximum atomic E-state index is 13.1. The van der Waals surface area contributed by atoms with Crippen LogP contribution in [0.15, 0.2) is 29.8 Å². The zero-order valence-corrected chi connectivity index (χ0v) is 9.09. The number of hydrogen-bond donors (Lipinski definition) is 0. The van der Waals surface area contributed by atoms with Gasteiger partial charge in [0.15, 0.2) is 4.96 Å². The van der Waals surface area contributed by atoms with Crippen LogP contribution >= 0.6 is 11.3 Å². The van der Waals surface area contributed by atoms with E-state index < -0.39 is 0 Å². The average molecular weight is 230 g/mol. The highest BCUT2D eigenvalue weighted by molar-refractivity contribution is 7.15. The third-order valence-corrected chi connectivity index (χ3v) is 3.80. The zero-order chi connectivity index (χ0) is 10.7. The van der Waals surface area contributed by atoms with Gasteiger partial charge >= 0.3 is 0 Å². The van der Waals surface area contributed by atoms with Gasteiger partial charge < -0.3 is 0 Å². The van der Waals surface area contributed by atoms with Crippen LogP contribution in [0, 0.1) is 5.82 Å². The molecule has 4 rings (SSSR count). The van der Waals surface area contributed by atoms with E-state index in [0.717, 1.165) is 28.2 Å². The summed E-state index contributed by atoms with van der Waals surface area (Å²) in [5.41, 5.74) is 4.31. The maximum Gasteiger partial charge on any atom is 0.194 e. The van der Waals surface area contributed by atoms with E-state index in [1.54, 1.807) is 17.4 Å². The smallest absolute Gasteiger partial charge is 0.194 e. The molecule has 0 bridgehead atoms. The van der Waals surface area contributed by atoms with Gasteiger partial charge in [-0.3, -0.25) is 4.40 Å². The quantitative estimate of drug-likeness (QED) is 0.453. The van der Waals surface area contributed by atoms with E-state index in [1.165, 1.54) is 11.8 Å². The van der Waals surface area contributed by atoms with Crippen LogP contribution < -0.4 is 0 Å². The second-order valence-electron chi connectivity index (χ2n) is 3.94. The van der Waals surface area contributed by atoms with Gasteiger partial charge in [0.25, 0.3) is 0 Å². The van der Waals surface area contributed by atoms with Crippen LogP contribution in [0.4, 0.5) is 4.39 Å². The largest absolute Gasteiger partial charge is 0.294 e. The highest BCUT2D eigenvalue weighted by atomic mass is 32.1. The molecule has 1 aromatic carbocycles. The number of aromatic nitrogens is 2.